The normalized spacial score (nSPS) is 10.7. The van der Waals surface area contributed by atoms with Crippen molar-refractivity contribution in [2.24, 2.45) is 0 Å². The maximum atomic E-state index is 14.1. The Kier molecular flexibility index (Phi) is 5.40. The first-order chi connectivity index (χ1) is 14.2. The Bertz CT molecular complexity index is 1110. The summed E-state index contributed by atoms with van der Waals surface area (Å²) in [5.74, 6) is -0.272. The first kappa shape index (κ1) is 18.5. The molecule has 4 heteroatoms. The molecule has 0 N–H and O–H groups in total. The van der Waals surface area contributed by atoms with E-state index in [1.807, 2.05) is 54.9 Å². The first-order valence-electron chi connectivity index (χ1n) is 9.33. The summed E-state index contributed by atoms with van der Waals surface area (Å²) >= 11 is 0. The van der Waals surface area contributed by atoms with Crippen LogP contribution in [-0.4, -0.2) is 9.97 Å². The lowest BCUT2D eigenvalue weighted by molar-refractivity contribution is 0.627. The van der Waals surface area contributed by atoms with Gasteiger partial charge in [-0.25, -0.2) is 4.39 Å². The number of nitriles is 1. The summed E-state index contributed by atoms with van der Waals surface area (Å²) in [6, 6.07) is 22.2. The largest absolute Gasteiger partial charge is 0.264 e. The number of nitrogens with zero attached hydrogens (tertiary/aromatic N) is 3. The van der Waals surface area contributed by atoms with E-state index in [0.29, 0.717) is 12.0 Å². The third-order valence-electron chi connectivity index (χ3n) is 4.97. The number of aromatic nitrogens is 2. The van der Waals surface area contributed by atoms with Crippen molar-refractivity contribution in [2.75, 3.05) is 0 Å². The maximum absolute atomic E-state index is 14.1. The van der Waals surface area contributed by atoms with E-state index in [9.17, 15) is 9.65 Å². The molecule has 0 atom stereocenters. The standard InChI is InChI=1S/C25H18FN3/c26-23-9-8-20(25(14-23)19-5-1-4-18(12-19)15-27)13-24(21-6-2-10-28-16-21)22-7-3-11-29-17-22/h1-12,14,16-17,24H,13H2. The molecule has 29 heavy (non-hydrogen) atoms. The molecule has 4 aromatic rings. The fraction of sp³-hybridized carbons (Fsp3) is 0.0800. The van der Waals surface area contributed by atoms with Crippen LogP contribution in [0, 0.1) is 17.1 Å². The van der Waals surface area contributed by atoms with Crippen LogP contribution in [0.1, 0.15) is 28.2 Å². The zero-order valence-corrected chi connectivity index (χ0v) is 15.7. The molecule has 0 spiro atoms. The molecule has 4 rings (SSSR count). The fourth-order valence-corrected chi connectivity index (χ4v) is 3.56. The van der Waals surface area contributed by atoms with Crippen LogP contribution in [0.5, 0.6) is 0 Å². The van der Waals surface area contributed by atoms with E-state index in [2.05, 4.69) is 16.0 Å². The van der Waals surface area contributed by atoms with Crippen molar-refractivity contribution in [1.29, 1.82) is 5.26 Å². The molecule has 0 bridgehead atoms. The van der Waals surface area contributed by atoms with Gasteiger partial charge in [0.15, 0.2) is 0 Å². The highest BCUT2D eigenvalue weighted by Gasteiger charge is 2.18. The molecule has 2 aromatic heterocycles. The summed E-state index contributed by atoms with van der Waals surface area (Å²) in [7, 11) is 0. The summed E-state index contributed by atoms with van der Waals surface area (Å²) < 4.78 is 14.1. The Morgan fingerprint density at radius 2 is 1.59 bits per heavy atom. The van der Waals surface area contributed by atoms with E-state index in [1.54, 1.807) is 24.5 Å². The molecule has 0 amide bonds. The Balaban J connectivity index is 1.80. The minimum Gasteiger partial charge on any atom is -0.264 e. The minimum absolute atomic E-state index is 0.0285. The van der Waals surface area contributed by atoms with Gasteiger partial charge in [-0.15, -0.1) is 0 Å². The number of pyridine rings is 2. The Morgan fingerprint density at radius 3 is 2.21 bits per heavy atom. The van der Waals surface area contributed by atoms with E-state index in [1.165, 1.54) is 12.1 Å². The summed E-state index contributed by atoms with van der Waals surface area (Å²) in [5.41, 5.74) is 5.31. The van der Waals surface area contributed by atoms with Gasteiger partial charge in [-0.2, -0.15) is 5.26 Å². The lowest BCUT2D eigenvalue weighted by Gasteiger charge is -2.20. The highest BCUT2D eigenvalue weighted by atomic mass is 19.1. The third-order valence-corrected chi connectivity index (χ3v) is 4.97. The molecule has 2 aromatic carbocycles. The van der Waals surface area contributed by atoms with Gasteiger partial charge in [-0.1, -0.05) is 30.3 Å². The van der Waals surface area contributed by atoms with Gasteiger partial charge in [-0.05, 0) is 70.6 Å². The average Bonchev–Trinajstić information content (AvgIpc) is 2.79. The van der Waals surface area contributed by atoms with Crippen LogP contribution >= 0.6 is 0 Å². The molecule has 0 fully saturated rings. The maximum Gasteiger partial charge on any atom is 0.123 e. The smallest absolute Gasteiger partial charge is 0.123 e. The number of benzene rings is 2. The molecule has 0 radical (unpaired) electrons. The number of halogens is 1. The van der Waals surface area contributed by atoms with Crippen molar-refractivity contribution in [1.82, 2.24) is 9.97 Å². The van der Waals surface area contributed by atoms with Gasteiger partial charge >= 0.3 is 0 Å². The number of hydrogen-bond donors (Lipinski definition) is 0. The van der Waals surface area contributed by atoms with Gasteiger partial charge in [-0.3, -0.25) is 9.97 Å². The van der Waals surface area contributed by atoms with Gasteiger partial charge in [0.05, 0.1) is 11.6 Å². The highest BCUT2D eigenvalue weighted by Crippen LogP contribution is 2.33. The van der Waals surface area contributed by atoms with Crippen LogP contribution in [0.15, 0.2) is 91.5 Å². The van der Waals surface area contributed by atoms with Crippen molar-refractivity contribution in [2.45, 2.75) is 12.3 Å². The van der Waals surface area contributed by atoms with Crippen LogP contribution in [0.25, 0.3) is 11.1 Å². The predicted molar refractivity (Wildman–Crippen MR) is 111 cm³/mol. The molecule has 0 aliphatic rings. The van der Waals surface area contributed by atoms with Crippen LogP contribution in [0.4, 0.5) is 4.39 Å². The second-order valence-electron chi connectivity index (χ2n) is 6.82. The minimum atomic E-state index is -0.301. The molecular weight excluding hydrogens is 361 g/mol. The summed E-state index contributed by atoms with van der Waals surface area (Å²) in [6.07, 6.45) is 7.87. The van der Waals surface area contributed by atoms with Gasteiger partial charge < -0.3 is 0 Å². The predicted octanol–water partition coefficient (Wildman–Crippen LogP) is 5.53. The monoisotopic (exact) mass is 379 g/mol. The lowest BCUT2D eigenvalue weighted by Crippen LogP contribution is -2.07. The lowest BCUT2D eigenvalue weighted by atomic mass is 9.85. The van der Waals surface area contributed by atoms with Crippen LogP contribution in [0.3, 0.4) is 0 Å². The number of rotatable bonds is 5. The quantitative estimate of drug-likeness (QED) is 0.458. The van der Waals surface area contributed by atoms with E-state index in [4.69, 9.17) is 0 Å². The fourth-order valence-electron chi connectivity index (χ4n) is 3.56. The average molecular weight is 379 g/mol. The first-order valence-corrected chi connectivity index (χ1v) is 9.33. The second kappa shape index (κ2) is 8.45. The van der Waals surface area contributed by atoms with E-state index >= 15 is 0 Å². The van der Waals surface area contributed by atoms with E-state index in [-0.39, 0.29) is 11.7 Å². The third kappa shape index (κ3) is 4.20. The van der Waals surface area contributed by atoms with Crippen molar-refractivity contribution >= 4 is 0 Å². The summed E-state index contributed by atoms with van der Waals surface area (Å²) in [6.45, 7) is 0. The van der Waals surface area contributed by atoms with Crippen molar-refractivity contribution in [3.63, 3.8) is 0 Å². The van der Waals surface area contributed by atoms with Crippen LogP contribution < -0.4 is 0 Å². The van der Waals surface area contributed by atoms with Crippen LogP contribution in [0.2, 0.25) is 0 Å². The molecule has 0 saturated carbocycles. The highest BCUT2D eigenvalue weighted by molar-refractivity contribution is 5.69. The van der Waals surface area contributed by atoms with Gasteiger partial charge in [0.25, 0.3) is 0 Å². The Morgan fingerprint density at radius 1 is 0.862 bits per heavy atom. The molecule has 0 aliphatic carbocycles. The molecule has 0 unspecified atom stereocenters. The second-order valence-corrected chi connectivity index (χ2v) is 6.82. The summed E-state index contributed by atoms with van der Waals surface area (Å²) in [4.78, 5) is 8.55. The molecule has 140 valence electrons. The zero-order chi connectivity index (χ0) is 20.1. The molecule has 0 aliphatic heterocycles. The Labute approximate surface area is 169 Å². The topological polar surface area (TPSA) is 49.6 Å². The number of hydrogen-bond acceptors (Lipinski definition) is 3. The SMILES string of the molecule is N#Cc1cccc(-c2cc(F)ccc2CC(c2cccnc2)c2cccnc2)c1. The Hall–Kier alpha value is -3.84. The van der Waals surface area contributed by atoms with Gasteiger partial charge in [0, 0.05) is 30.7 Å². The zero-order valence-electron chi connectivity index (χ0n) is 15.7. The molecular formula is C25H18FN3. The van der Waals surface area contributed by atoms with E-state index in [0.717, 1.165) is 27.8 Å². The van der Waals surface area contributed by atoms with Gasteiger partial charge in [0.1, 0.15) is 5.82 Å². The summed E-state index contributed by atoms with van der Waals surface area (Å²) in [5, 5.41) is 9.24. The van der Waals surface area contributed by atoms with Crippen molar-refractivity contribution < 1.29 is 4.39 Å². The molecule has 3 nitrogen and oxygen atoms in total. The van der Waals surface area contributed by atoms with Gasteiger partial charge in [0.2, 0.25) is 0 Å². The molecule has 0 saturated heterocycles. The van der Waals surface area contributed by atoms with E-state index < -0.39 is 0 Å². The molecule has 2 heterocycles. The van der Waals surface area contributed by atoms with Crippen molar-refractivity contribution in [3.8, 4) is 17.2 Å². The van der Waals surface area contributed by atoms with Crippen molar-refractivity contribution in [3.05, 3.63) is 120 Å². The van der Waals surface area contributed by atoms with Crippen LogP contribution in [-0.2, 0) is 6.42 Å².